The number of benzene rings is 2. The standard InChI is InChI=1S/C16H17Br2NO/c1-2-12(19)9-11-7-8-16(14(18)10-11)20-15-6-4-3-5-13(15)17/h3-8,10,12H,2,9,19H2,1H3. The topological polar surface area (TPSA) is 35.2 Å². The Labute approximate surface area is 136 Å². The fourth-order valence-corrected chi connectivity index (χ4v) is 2.72. The van der Waals surface area contributed by atoms with E-state index in [2.05, 4.69) is 50.9 Å². The molecule has 0 bridgehead atoms. The first kappa shape index (κ1) is 15.5. The van der Waals surface area contributed by atoms with Crippen molar-refractivity contribution in [3.05, 3.63) is 57.0 Å². The molecule has 0 aromatic heterocycles. The van der Waals surface area contributed by atoms with E-state index in [1.54, 1.807) is 0 Å². The molecule has 106 valence electrons. The zero-order valence-corrected chi connectivity index (χ0v) is 14.4. The Bertz CT molecular complexity index is 586. The normalized spacial score (nSPS) is 12.2. The quantitative estimate of drug-likeness (QED) is 0.743. The molecule has 0 spiro atoms. The molecule has 0 heterocycles. The fourth-order valence-electron chi connectivity index (χ4n) is 1.85. The van der Waals surface area contributed by atoms with Gasteiger partial charge in [0.05, 0.1) is 8.95 Å². The number of ether oxygens (including phenoxy) is 1. The molecule has 0 saturated carbocycles. The maximum absolute atomic E-state index is 5.98. The molecule has 2 nitrogen and oxygen atoms in total. The highest BCUT2D eigenvalue weighted by molar-refractivity contribution is 9.11. The van der Waals surface area contributed by atoms with Crippen molar-refractivity contribution in [1.82, 2.24) is 0 Å². The highest BCUT2D eigenvalue weighted by Crippen LogP contribution is 2.34. The van der Waals surface area contributed by atoms with Gasteiger partial charge in [0.1, 0.15) is 11.5 Å². The van der Waals surface area contributed by atoms with E-state index in [1.807, 2.05) is 30.3 Å². The van der Waals surface area contributed by atoms with Gasteiger partial charge in [0.15, 0.2) is 0 Å². The van der Waals surface area contributed by atoms with Gasteiger partial charge < -0.3 is 10.5 Å². The number of halogens is 2. The van der Waals surface area contributed by atoms with E-state index < -0.39 is 0 Å². The van der Waals surface area contributed by atoms with Crippen molar-refractivity contribution in [1.29, 1.82) is 0 Å². The van der Waals surface area contributed by atoms with Gasteiger partial charge in [0, 0.05) is 6.04 Å². The highest BCUT2D eigenvalue weighted by atomic mass is 79.9. The average molecular weight is 399 g/mol. The second-order valence-electron chi connectivity index (χ2n) is 4.67. The van der Waals surface area contributed by atoms with Crippen LogP contribution in [0.3, 0.4) is 0 Å². The number of rotatable bonds is 5. The van der Waals surface area contributed by atoms with Gasteiger partial charge in [0.25, 0.3) is 0 Å². The second-order valence-corrected chi connectivity index (χ2v) is 6.38. The summed E-state index contributed by atoms with van der Waals surface area (Å²) < 4.78 is 7.77. The minimum atomic E-state index is 0.205. The van der Waals surface area contributed by atoms with Gasteiger partial charge >= 0.3 is 0 Å². The van der Waals surface area contributed by atoms with E-state index in [9.17, 15) is 0 Å². The molecule has 4 heteroatoms. The van der Waals surface area contributed by atoms with Gasteiger partial charge in [-0.15, -0.1) is 0 Å². The summed E-state index contributed by atoms with van der Waals surface area (Å²) in [5, 5.41) is 0. The Morgan fingerprint density at radius 3 is 2.40 bits per heavy atom. The summed E-state index contributed by atoms with van der Waals surface area (Å²) in [5.41, 5.74) is 7.20. The van der Waals surface area contributed by atoms with Gasteiger partial charge in [-0.2, -0.15) is 0 Å². The third-order valence-electron chi connectivity index (χ3n) is 3.08. The van der Waals surface area contributed by atoms with Gasteiger partial charge in [0.2, 0.25) is 0 Å². The molecular formula is C16H17Br2NO. The molecule has 1 unspecified atom stereocenters. The van der Waals surface area contributed by atoms with Gasteiger partial charge in [-0.05, 0) is 74.5 Å². The van der Waals surface area contributed by atoms with Crippen molar-refractivity contribution >= 4 is 31.9 Å². The largest absolute Gasteiger partial charge is 0.455 e. The fraction of sp³-hybridized carbons (Fsp3) is 0.250. The van der Waals surface area contributed by atoms with Crippen LogP contribution in [0, 0.1) is 0 Å². The summed E-state index contributed by atoms with van der Waals surface area (Å²) in [5.74, 6) is 1.59. The predicted octanol–water partition coefficient (Wildman–Crippen LogP) is 5.28. The monoisotopic (exact) mass is 397 g/mol. The Kier molecular flexibility index (Phi) is 5.64. The molecule has 0 radical (unpaired) electrons. The molecule has 0 aliphatic carbocycles. The van der Waals surface area contributed by atoms with Crippen LogP contribution in [0.5, 0.6) is 11.5 Å². The lowest BCUT2D eigenvalue weighted by Crippen LogP contribution is -2.21. The van der Waals surface area contributed by atoms with Crippen LogP contribution in [0.1, 0.15) is 18.9 Å². The molecule has 0 saturated heterocycles. The van der Waals surface area contributed by atoms with E-state index in [-0.39, 0.29) is 6.04 Å². The van der Waals surface area contributed by atoms with Gasteiger partial charge in [-0.25, -0.2) is 0 Å². The molecule has 0 fully saturated rings. The van der Waals surface area contributed by atoms with Crippen LogP contribution in [-0.4, -0.2) is 6.04 Å². The first-order chi connectivity index (χ1) is 9.60. The van der Waals surface area contributed by atoms with Crippen molar-refractivity contribution in [3.63, 3.8) is 0 Å². The number of hydrogen-bond donors (Lipinski definition) is 1. The zero-order chi connectivity index (χ0) is 14.5. The third-order valence-corrected chi connectivity index (χ3v) is 4.35. The lowest BCUT2D eigenvalue weighted by atomic mass is 10.0. The Morgan fingerprint density at radius 1 is 1.05 bits per heavy atom. The molecule has 0 aliphatic heterocycles. The summed E-state index contributed by atoms with van der Waals surface area (Å²) in [6.07, 6.45) is 1.86. The summed E-state index contributed by atoms with van der Waals surface area (Å²) in [7, 11) is 0. The summed E-state index contributed by atoms with van der Waals surface area (Å²) in [6.45, 7) is 2.10. The molecular weight excluding hydrogens is 382 g/mol. The second kappa shape index (κ2) is 7.25. The smallest absolute Gasteiger partial charge is 0.141 e. The van der Waals surface area contributed by atoms with Crippen LogP contribution in [0.25, 0.3) is 0 Å². The maximum Gasteiger partial charge on any atom is 0.141 e. The molecule has 2 aromatic carbocycles. The van der Waals surface area contributed by atoms with Crippen molar-refractivity contribution in [2.45, 2.75) is 25.8 Å². The van der Waals surface area contributed by atoms with E-state index in [1.165, 1.54) is 5.56 Å². The summed E-state index contributed by atoms with van der Waals surface area (Å²) in [6, 6.07) is 14.1. The van der Waals surface area contributed by atoms with E-state index >= 15 is 0 Å². The van der Waals surface area contributed by atoms with E-state index in [4.69, 9.17) is 10.5 Å². The lowest BCUT2D eigenvalue weighted by molar-refractivity contribution is 0.476. The molecule has 0 aliphatic rings. The van der Waals surface area contributed by atoms with Gasteiger partial charge in [-0.3, -0.25) is 0 Å². The first-order valence-corrected chi connectivity index (χ1v) is 8.15. The van der Waals surface area contributed by atoms with Crippen molar-refractivity contribution in [2.24, 2.45) is 5.73 Å². The van der Waals surface area contributed by atoms with Crippen LogP contribution in [0.15, 0.2) is 51.4 Å². The minimum Gasteiger partial charge on any atom is -0.455 e. The van der Waals surface area contributed by atoms with Crippen molar-refractivity contribution < 1.29 is 4.74 Å². The third kappa shape index (κ3) is 4.08. The average Bonchev–Trinajstić information content (AvgIpc) is 2.44. The van der Waals surface area contributed by atoms with Crippen molar-refractivity contribution in [2.75, 3.05) is 0 Å². The summed E-state index contributed by atoms with van der Waals surface area (Å²) in [4.78, 5) is 0. The van der Waals surface area contributed by atoms with Gasteiger partial charge in [-0.1, -0.05) is 25.1 Å². The number of hydrogen-bond acceptors (Lipinski definition) is 2. The Balaban J connectivity index is 2.16. The first-order valence-electron chi connectivity index (χ1n) is 6.56. The molecule has 2 rings (SSSR count). The Morgan fingerprint density at radius 2 is 1.75 bits per heavy atom. The molecule has 2 N–H and O–H groups in total. The highest BCUT2D eigenvalue weighted by Gasteiger charge is 2.08. The molecule has 0 amide bonds. The van der Waals surface area contributed by atoms with Crippen LogP contribution >= 0.6 is 31.9 Å². The predicted molar refractivity (Wildman–Crippen MR) is 90.3 cm³/mol. The number of nitrogens with two attached hydrogens (primary N) is 1. The molecule has 20 heavy (non-hydrogen) atoms. The van der Waals surface area contributed by atoms with E-state index in [0.717, 1.165) is 33.3 Å². The van der Waals surface area contributed by atoms with Crippen LogP contribution in [0.2, 0.25) is 0 Å². The SMILES string of the molecule is CCC(N)Cc1ccc(Oc2ccccc2Br)c(Br)c1. The minimum absolute atomic E-state index is 0.205. The van der Waals surface area contributed by atoms with Crippen molar-refractivity contribution in [3.8, 4) is 11.5 Å². The van der Waals surface area contributed by atoms with Crippen LogP contribution in [-0.2, 0) is 6.42 Å². The molecule has 1 atom stereocenters. The number of para-hydroxylation sites is 1. The molecule has 2 aromatic rings. The van der Waals surface area contributed by atoms with Crippen LogP contribution < -0.4 is 10.5 Å². The zero-order valence-electron chi connectivity index (χ0n) is 11.3. The lowest BCUT2D eigenvalue weighted by Gasteiger charge is -2.12. The maximum atomic E-state index is 5.98. The van der Waals surface area contributed by atoms with E-state index in [0.29, 0.717) is 0 Å². The summed E-state index contributed by atoms with van der Waals surface area (Å²) >= 11 is 7.04. The van der Waals surface area contributed by atoms with Crippen LogP contribution in [0.4, 0.5) is 0 Å². The Hall–Kier alpha value is -0.840.